The average Bonchev–Trinajstić information content (AvgIpc) is 2.35. The lowest BCUT2D eigenvalue weighted by Crippen LogP contribution is -2.26. The van der Waals surface area contributed by atoms with Gasteiger partial charge in [-0.1, -0.05) is 38.1 Å². The Morgan fingerprint density at radius 2 is 1.89 bits per heavy atom. The molecule has 0 aliphatic rings. The molecule has 1 atom stereocenters. The molecule has 1 unspecified atom stereocenters. The Bertz CT molecular complexity index is 369. The standard InChI is InChI=1S/C16H25NO/c1-5-13(2)16-8-6-15(7-9-16)10-11-17(4)12-14(3)18/h6-9,13H,5,10-12H2,1-4H3. The zero-order valence-corrected chi connectivity index (χ0v) is 12.1. The number of hydrogen-bond donors (Lipinski definition) is 0. The molecule has 0 aliphatic carbocycles. The van der Waals surface area contributed by atoms with Crippen LogP contribution in [0.3, 0.4) is 0 Å². The van der Waals surface area contributed by atoms with Crippen LogP contribution in [0.4, 0.5) is 0 Å². The fourth-order valence-electron chi connectivity index (χ4n) is 2.03. The van der Waals surface area contributed by atoms with Crippen molar-refractivity contribution in [2.45, 2.75) is 39.5 Å². The molecule has 2 nitrogen and oxygen atoms in total. The largest absolute Gasteiger partial charge is 0.299 e. The van der Waals surface area contributed by atoms with Crippen LogP contribution in [-0.4, -0.2) is 30.8 Å². The Hall–Kier alpha value is -1.15. The van der Waals surface area contributed by atoms with Crippen LogP contribution >= 0.6 is 0 Å². The molecule has 0 bridgehead atoms. The zero-order chi connectivity index (χ0) is 13.5. The van der Waals surface area contributed by atoms with Crippen molar-refractivity contribution < 1.29 is 4.79 Å². The van der Waals surface area contributed by atoms with Gasteiger partial charge in [-0.25, -0.2) is 0 Å². The number of carbonyl (C=O) groups is 1. The predicted octanol–water partition coefficient (Wildman–Crippen LogP) is 3.26. The zero-order valence-electron chi connectivity index (χ0n) is 12.1. The van der Waals surface area contributed by atoms with E-state index in [-0.39, 0.29) is 5.78 Å². The van der Waals surface area contributed by atoms with Crippen LogP contribution in [0.1, 0.15) is 44.2 Å². The van der Waals surface area contributed by atoms with Crippen LogP contribution in [0.15, 0.2) is 24.3 Å². The molecular formula is C16H25NO. The second-order valence-corrected chi connectivity index (χ2v) is 5.24. The average molecular weight is 247 g/mol. The highest BCUT2D eigenvalue weighted by Gasteiger charge is 2.04. The van der Waals surface area contributed by atoms with E-state index in [0.29, 0.717) is 12.5 Å². The van der Waals surface area contributed by atoms with Gasteiger partial charge in [-0.05, 0) is 43.9 Å². The third-order valence-corrected chi connectivity index (χ3v) is 3.44. The van der Waals surface area contributed by atoms with Crippen LogP contribution in [0.2, 0.25) is 0 Å². The fraction of sp³-hybridized carbons (Fsp3) is 0.562. The van der Waals surface area contributed by atoms with Crippen molar-refractivity contribution >= 4 is 5.78 Å². The molecule has 1 aromatic rings. The van der Waals surface area contributed by atoms with Gasteiger partial charge in [-0.2, -0.15) is 0 Å². The summed E-state index contributed by atoms with van der Waals surface area (Å²) in [5, 5.41) is 0. The molecule has 0 heterocycles. The van der Waals surface area contributed by atoms with Gasteiger partial charge in [-0.3, -0.25) is 9.69 Å². The topological polar surface area (TPSA) is 20.3 Å². The molecule has 0 fully saturated rings. The van der Waals surface area contributed by atoms with Gasteiger partial charge in [0, 0.05) is 6.54 Å². The Balaban J connectivity index is 2.46. The van der Waals surface area contributed by atoms with E-state index in [1.54, 1.807) is 6.92 Å². The Labute approximate surface area is 111 Å². The SMILES string of the molecule is CCC(C)c1ccc(CCN(C)CC(C)=O)cc1. The van der Waals surface area contributed by atoms with Crippen molar-refractivity contribution in [3.05, 3.63) is 35.4 Å². The third-order valence-electron chi connectivity index (χ3n) is 3.44. The maximum absolute atomic E-state index is 11.0. The summed E-state index contributed by atoms with van der Waals surface area (Å²) in [5.41, 5.74) is 2.76. The maximum Gasteiger partial charge on any atom is 0.143 e. The molecule has 2 heteroatoms. The molecular weight excluding hydrogens is 222 g/mol. The quantitative estimate of drug-likeness (QED) is 0.737. The molecule has 0 N–H and O–H groups in total. The van der Waals surface area contributed by atoms with Crippen LogP contribution in [0.25, 0.3) is 0 Å². The minimum Gasteiger partial charge on any atom is -0.299 e. The van der Waals surface area contributed by atoms with E-state index in [9.17, 15) is 4.79 Å². The summed E-state index contributed by atoms with van der Waals surface area (Å²) in [6.45, 7) is 7.59. The lowest BCUT2D eigenvalue weighted by atomic mass is 9.97. The van der Waals surface area contributed by atoms with E-state index in [1.807, 2.05) is 7.05 Å². The van der Waals surface area contributed by atoms with Crippen LogP contribution in [-0.2, 0) is 11.2 Å². The summed E-state index contributed by atoms with van der Waals surface area (Å²) in [6, 6.07) is 8.88. The van der Waals surface area contributed by atoms with Gasteiger partial charge in [0.15, 0.2) is 0 Å². The van der Waals surface area contributed by atoms with Gasteiger partial charge in [-0.15, -0.1) is 0 Å². The molecule has 0 amide bonds. The van der Waals surface area contributed by atoms with Gasteiger partial charge in [0.2, 0.25) is 0 Å². The van der Waals surface area contributed by atoms with E-state index < -0.39 is 0 Å². The first kappa shape index (κ1) is 14.9. The summed E-state index contributed by atoms with van der Waals surface area (Å²) in [7, 11) is 1.99. The molecule has 0 radical (unpaired) electrons. The molecule has 1 aromatic carbocycles. The Morgan fingerprint density at radius 1 is 1.28 bits per heavy atom. The van der Waals surface area contributed by atoms with E-state index in [4.69, 9.17) is 0 Å². The molecule has 1 rings (SSSR count). The number of likely N-dealkylation sites (N-methyl/N-ethyl adjacent to an activating group) is 1. The first-order valence-electron chi connectivity index (χ1n) is 6.79. The number of carbonyl (C=O) groups excluding carboxylic acids is 1. The number of Topliss-reactive ketones (excluding diaryl/α,β-unsaturated/α-hetero) is 1. The van der Waals surface area contributed by atoms with Crippen molar-refractivity contribution in [2.24, 2.45) is 0 Å². The summed E-state index contributed by atoms with van der Waals surface area (Å²) in [4.78, 5) is 13.1. The normalized spacial score (nSPS) is 12.7. The second kappa shape index (κ2) is 7.32. The van der Waals surface area contributed by atoms with Gasteiger partial charge in [0.1, 0.15) is 5.78 Å². The number of rotatable bonds is 7. The summed E-state index contributed by atoms with van der Waals surface area (Å²) < 4.78 is 0. The first-order valence-corrected chi connectivity index (χ1v) is 6.79. The van der Waals surface area contributed by atoms with Crippen LogP contribution in [0, 0.1) is 0 Å². The van der Waals surface area contributed by atoms with Crippen molar-refractivity contribution in [3.63, 3.8) is 0 Å². The predicted molar refractivity (Wildman–Crippen MR) is 77.0 cm³/mol. The lowest BCUT2D eigenvalue weighted by molar-refractivity contribution is -0.117. The van der Waals surface area contributed by atoms with Crippen molar-refractivity contribution in [3.8, 4) is 0 Å². The summed E-state index contributed by atoms with van der Waals surface area (Å²) >= 11 is 0. The van der Waals surface area contributed by atoms with Crippen molar-refractivity contribution in [1.82, 2.24) is 4.90 Å². The highest BCUT2D eigenvalue weighted by Crippen LogP contribution is 2.18. The van der Waals surface area contributed by atoms with Crippen molar-refractivity contribution in [2.75, 3.05) is 20.1 Å². The van der Waals surface area contributed by atoms with Gasteiger partial charge in [0.05, 0.1) is 6.54 Å². The Morgan fingerprint density at radius 3 is 2.39 bits per heavy atom. The highest BCUT2D eigenvalue weighted by atomic mass is 16.1. The van der Waals surface area contributed by atoms with Gasteiger partial charge >= 0.3 is 0 Å². The number of hydrogen-bond acceptors (Lipinski definition) is 2. The minimum atomic E-state index is 0.226. The molecule has 0 aliphatic heterocycles. The van der Waals surface area contributed by atoms with Gasteiger partial charge in [0.25, 0.3) is 0 Å². The van der Waals surface area contributed by atoms with Gasteiger partial charge < -0.3 is 0 Å². The van der Waals surface area contributed by atoms with E-state index in [2.05, 4.69) is 43.0 Å². The minimum absolute atomic E-state index is 0.226. The fourth-order valence-corrected chi connectivity index (χ4v) is 2.03. The second-order valence-electron chi connectivity index (χ2n) is 5.24. The third kappa shape index (κ3) is 5.01. The van der Waals surface area contributed by atoms with Crippen LogP contribution < -0.4 is 0 Å². The monoisotopic (exact) mass is 247 g/mol. The van der Waals surface area contributed by atoms with Crippen LogP contribution in [0.5, 0.6) is 0 Å². The maximum atomic E-state index is 11.0. The first-order chi connectivity index (χ1) is 8.52. The molecule has 0 saturated heterocycles. The molecule has 100 valence electrons. The van der Waals surface area contributed by atoms with Crippen molar-refractivity contribution in [1.29, 1.82) is 0 Å². The molecule has 18 heavy (non-hydrogen) atoms. The number of nitrogens with zero attached hydrogens (tertiary/aromatic N) is 1. The van der Waals surface area contributed by atoms with E-state index in [1.165, 1.54) is 17.5 Å². The summed E-state index contributed by atoms with van der Waals surface area (Å²) in [6.07, 6.45) is 2.19. The smallest absolute Gasteiger partial charge is 0.143 e. The number of ketones is 1. The molecule has 0 aromatic heterocycles. The van der Waals surface area contributed by atoms with E-state index in [0.717, 1.165) is 13.0 Å². The summed E-state index contributed by atoms with van der Waals surface area (Å²) in [5.74, 6) is 0.865. The highest BCUT2D eigenvalue weighted by molar-refractivity contribution is 5.77. The molecule has 0 spiro atoms. The molecule has 0 saturated carbocycles. The lowest BCUT2D eigenvalue weighted by Gasteiger charge is -2.15. The Kier molecular flexibility index (Phi) is 6.06. The number of benzene rings is 1. The van der Waals surface area contributed by atoms with E-state index >= 15 is 0 Å².